The number of hydrogen-bond acceptors (Lipinski definition) is 5. The highest BCUT2D eigenvalue weighted by molar-refractivity contribution is 9.10. The van der Waals surface area contributed by atoms with Crippen LogP contribution < -0.4 is 4.74 Å². The van der Waals surface area contributed by atoms with Gasteiger partial charge in [-0.3, -0.25) is 0 Å². The topological polar surface area (TPSA) is 60.9 Å². The molecule has 1 fully saturated rings. The van der Waals surface area contributed by atoms with Crippen molar-refractivity contribution in [3.05, 3.63) is 58.7 Å². The van der Waals surface area contributed by atoms with E-state index >= 15 is 0 Å². The summed E-state index contributed by atoms with van der Waals surface area (Å²) in [5, 5.41) is 0. The number of hydrogen-bond donors (Lipinski definition) is 0. The van der Waals surface area contributed by atoms with Gasteiger partial charge in [-0.25, -0.2) is 9.78 Å². The summed E-state index contributed by atoms with van der Waals surface area (Å²) in [6, 6.07) is 13.5. The van der Waals surface area contributed by atoms with Gasteiger partial charge in [-0.05, 0) is 43.7 Å². The van der Waals surface area contributed by atoms with E-state index in [1.165, 1.54) is 0 Å². The van der Waals surface area contributed by atoms with Crippen molar-refractivity contribution >= 4 is 22.0 Å². The zero-order valence-electron chi connectivity index (χ0n) is 18.0. The molecular formula is C24H31BrN2O4. The molecule has 0 spiro atoms. The largest absolute Gasteiger partial charge is 0.474 e. The van der Waals surface area contributed by atoms with E-state index < -0.39 is 0 Å². The minimum absolute atomic E-state index is 0.131. The van der Waals surface area contributed by atoms with E-state index in [4.69, 9.17) is 14.2 Å². The smallest absolute Gasteiger partial charge is 0.410 e. The van der Waals surface area contributed by atoms with Gasteiger partial charge in [0.25, 0.3) is 0 Å². The zero-order valence-corrected chi connectivity index (χ0v) is 19.6. The summed E-state index contributed by atoms with van der Waals surface area (Å²) in [6.07, 6.45) is 6.30. The summed E-state index contributed by atoms with van der Waals surface area (Å²) >= 11 is 3.44. The molecule has 1 aliphatic heterocycles. The normalized spacial score (nSPS) is 15.5. The maximum Gasteiger partial charge on any atom is 0.410 e. The first kappa shape index (κ1) is 23.5. The molecule has 3 rings (SSSR count). The minimum atomic E-state index is -0.244. The molecule has 7 heteroatoms. The Bertz CT molecular complexity index is 797. The van der Waals surface area contributed by atoms with Crippen LogP contribution in [0, 0.1) is 0 Å². The zero-order chi connectivity index (χ0) is 21.9. The number of carbonyl (C=O) groups is 1. The lowest BCUT2D eigenvalue weighted by Crippen LogP contribution is -2.41. The number of nitrogens with zero attached hydrogens (tertiary/aromatic N) is 2. The number of ether oxygens (including phenoxy) is 3. The van der Waals surface area contributed by atoms with Gasteiger partial charge in [0.15, 0.2) is 0 Å². The Labute approximate surface area is 193 Å². The monoisotopic (exact) mass is 490 g/mol. The summed E-state index contributed by atoms with van der Waals surface area (Å²) in [6.45, 7) is 4.48. The van der Waals surface area contributed by atoms with Crippen LogP contribution in [0.2, 0.25) is 0 Å². The van der Waals surface area contributed by atoms with Crippen LogP contribution in [0.5, 0.6) is 5.88 Å². The lowest BCUT2D eigenvalue weighted by Gasteiger charge is -2.31. The van der Waals surface area contributed by atoms with E-state index in [0.717, 1.165) is 42.1 Å². The molecule has 1 atom stereocenters. The molecule has 31 heavy (non-hydrogen) atoms. The van der Waals surface area contributed by atoms with Gasteiger partial charge in [0, 0.05) is 36.4 Å². The predicted octanol–water partition coefficient (Wildman–Crippen LogP) is 5.60. The van der Waals surface area contributed by atoms with Crippen LogP contribution in [-0.2, 0) is 16.1 Å². The standard InChI is InChI=1S/C24H31BrN2O4/c1-2-21(31-23-17-20(25)10-13-26-23)9-6-16-29-22-11-14-27(15-12-22)24(28)30-18-19-7-4-3-5-8-19/h3-5,7-8,10,13,17,21-22H,2,6,9,11-12,14-16,18H2,1H3. The highest BCUT2D eigenvalue weighted by Gasteiger charge is 2.24. The quantitative estimate of drug-likeness (QED) is 0.405. The van der Waals surface area contributed by atoms with Crippen molar-refractivity contribution in [2.45, 2.75) is 57.8 Å². The van der Waals surface area contributed by atoms with E-state index in [-0.39, 0.29) is 18.3 Å². The molecule has 6 nitrogen and oxygen atoms in total. The molecule has 1 aromatic carbocycles. The lowest BCUT2D eigenvalue weighted by molar-refractivity contribution is 0.000884. The summed E-state index contributed by atoms with van der Waals surface area (Å²) in [5.74, 6) is 0.647. The van der Waals surface area contributed by atoms with Gasteiger partial charge >= 0.3 is 6.09 Å². The van der Waals surface area contributed by atoms with Gasteiger partial charge in [0.1, 0.15) is 12.7 Å². The van der Waals surface area contributed by atoms with Crippen molar-refractivity contribution in [1.29, 1.82) is 0 Å². The first-order valence-corrected chi connectivity index (χ1v) is 11.8. The number of aromatic nitrogens is 1. The Hall–Kier alpha value is -2.12. The number of halogens is 1. The van der Waals surface area contributed by atoms with Crippen molar-refractivity contribution in [3.8, 4) is 5.88 Å². The van der Waals surface area contributed by atoms with E-state index in [1.54, 1.807) is 11.1 Å². The first-order valence-electron chi connectivity index (χ1n) is 11.0. The number of rotatable bonds is 10. The maximum atomic E-state index is 12.3. The number of benzene rings is 1. The Balaban J connectivity index is 1.28. The summed E-state index contributed by atoms with van der Waals surface area (Å²) < 4.78 is 18.4. The van der Waals surface area contributed by atoms with Crippen molar-refractivity contribution in [2.24, 2.45) is 0 Å². The van der Waals surface area contributed by atoms with Crippen LogP contribution in [0.1, 0.15) is 44.6 Å². The van der Waals surface area contributed by atoms with Crippen LogP contribution in [-0.4, -0.2) is 47.9 Å². The molecule has 0 bridgehead atoms. The number of carbonyl (C=O) groups excluding carboxylic acids is 1. The van der Waals surface area contributed by atoms with Crippen molar-refractivity contribution < 1.29 is 19.0 Å². The number of likely N-dealkylation sites (tertiary alicyclic amines) is 1. The van der Waals surface area contributed by atoms with Gasteiger partial charge in [0.2, 0.25) is 5.88 Å². The van der Waals surface area contributed by atoms with Gasteiger partial charge in [-0.2, -0.15) is 0 Å². The summed E-state index contributed by atoms with van der Waals surface area (Å²) in [5.41, 5.74) is 0.999. The second kappa shape index (κ2) is 12.7. The lowest BCUT2D eigenvalue weighted by atomic mass is 10.1. The van der Waals surface area contributed by atoms with E-state index in [1.807, 2.05) is 42.5 Å². The number of pyridine rings is 1. The Kier molecular flexibility index (Phi) is 9.62. The summed E-state index contributed by atoms with van der Waals surface area (Å²) in [4.78, 5) is 18.3. The fourth-order valence-corrected chi connectivity index (χ4v) is 3.86. The molecule has 0 saturated carbocycles. The molecule has 1 aromatic heterocycles. The van der Waals surface area contributed by atoms with Crippen molar-refractivity contribution in [2.75, 3.05) is 19.7 Å². The van der Waals surface area contributed by atoms with E-state index in [2.05, 4.69) is 27.8 Å². The summed E-state index contributed by atoms with van der Waals surface area (Å²) in [7, 11) is 0. The first-order chi connectivity index (χ1) is 15.1. The molecule has 0 N–H and O–H groups in total. The Morgan fingerprint density at radius 2 is 2.00 bits per heavy atom. The molecule has 0 aliphatic carbocycles. The highest BCUT2D eigenvalue weighted by atomic mass is 79.9. The molecule has 1 saturated heterocycles. The molecule has 2 aromatic rings. The van der Waals surface area contributed by atoms with Crippen LogP contribution in [0.15, 0.2) is 53.1 Å². The molecule has 1 unspecified atom stereocenters. The average molecular weight is 491 g/mol. The molecule has 1 aliphatic rings. The third-order valence-electron chi connectivity index (χ3n) is 5.37. The second-order valence-corrected chi connectivity index (χ2v) is 8.62. The number of amides is 1. The minimum Gasteiger partial charge on any atom is -0.474 e. The third kappa shape index (κ3) is 8.15. The van der Waals surface area contributed by atoms with E-state index in [0.29, 0.717) is 32.2 Å². The van der Waals surface area contributed by atoms with Gasteiger partial charge in [-0.15, -0.1) is 0 Å². The Morgan fingerprint density at radius 1 is 1.23 bits per heavy atom. The van der Waals surface area contributed by atoms with Crippen LogP contribution in [0.4, 0.5) is 4.79 Å². The van der Waals surface area contributed by atoms with Crippen molar-refractivity contribution in [3.63, 3.8) is 0 Å². The maximum absolute atomic E-state index is 12.3. The predicted molar refractivity (Wildman–Crippen MR) is 123 cm³/mol. The van der Waals surface area contributed by atoms with Crippen LogP contribution in [0.25, 0.3) is 0 Å². The van der Waals surface area contributed by atoms with Gasteiger partial charge in [-0.1, -0.05) is 53.2 Å². The highest BCUT2D eigenvalue weighted by Crippen LogP contribution is 2.19. The fraction of sp³-hybridized carbons (Fsp3) is 0.500. The SMILES string of the molecule is CCC(CCCOC1CCN(C(=O)OCc2ccccc2)CC1)Oc1cc(Br)ccn1. The molecular weight excluding hydrogens is 460 g/mol. The number of piperidine rings is 1. The third-order valence-corrected chi connectivity index (χ3v) is 5.86. The average Bonchev–Trinajstić information content (AvgIpc) is 2.80. The molecule has 0 radical (unpaired) electrons. The van der Waals surface area contributed by atoms with E-state index in [9.17, 15) is 4.79 Å². The van der Waals surface area contributed by atoms with Crippen LogP contribution >= 0.6 is 15.9 Å². The van der Waals surface area contributed by atoms with Gasteiger partial charge in [0.05, 0.1) is 6.10 Å². The van der Waals surface area contributed by atoms with Crippen LogP contribution in [0.3, 0.4) is 0 Å². The van der Waals surface area contributed by atoms with Crippen molar-refractivity contribution in [1.82, 2.24) is 9.88 Å². The van der Waals surface area contributed by atoms with Gasteiger partial charge < -0.3 is 19.1 Å². The molecule has 1 amide bonds. The molecule has 2 heterocycles. The Morgan fingerprint density at radius 3 is 2.71 bits per heavy atom. The fourth-order valence-electron chi connectivity index (χ4n) is 3.54. The molecule has 168 valence electrons. The second-order valence-electron chi connectivity index (χ2n) is 7.70.